The highest BCUT2D eigenvalue weighted by molar-refractivity contribution is 7.89. The van der Waals surface area contributed by atoms with Crippen molar-refractivity contribution in [2.45, 2.75) is 31.7 Å². The van der Waals surface area contributed by atoms with Crippen molar-refractivity contribution in [2.75, 3.05) is 26.2 Å². The van der Waals surface area contributed by atoms with Crippen LogP contribution < -0.4 is 0 Å². The van der Waals surface area contributed by atoms with Gasteiger partial charge in [0.15, 0.2) is 0 Å². The third-order valence-corrected chi connectivity index (χ3v) is 8.17. The van der Waals surface area contributed by atoms with Crippen molar-refractivity contribution in [1.29, 1.82) is 0 Å². The first-order chi connectivity index (χ1) is 13.5. The van der Waals surface area contributed by atoms with Crippen LogP contribution in [0.15, 0.2) is 40.7 Å². The van der Waals surface area contributed by atoms with Gasteiger partial charge in [0.1, 0.15) is 0 Å². The zero-order valence-electron chi connectivity index (χ0n) is 16.1. The average Bonchev–Trinajstić information content (AvgIpc) is 3.16. The Labute approximate surface area is 169 Å². The van der Waals surface area contributed by atoms with Gasteiger partial charge in [-0.15, -0.1) is 11.3 Å². The van der Waals surface area contributed by atoms with Crippen LogP contribution in [-0.4, -0.2) is 53.8 Å². The topological polar surface area (TPSA) is 66.4 Å². The third-order valence-electron chi connectivity index (χ3n) is 5.17. The average molecular weight is 417 g/mol. The molecule has 8 heteroatoms. The number of hydrogen-bond donors (Lipinski definition) is 0. The molecule has 0 N–H and O–H groups in total. The van der Waals surface area contributed by atoms with E-state index in [4.69, 9.17) is 0 Å². The standard InChI is InChI=1S/C20H24N4O2S2/c1-3-19-22-16(14-27-19)13-23-9-11-24(12-10-23)28(25,26)18-7-6-15(2)20-17(18)5-4-8-21-20/h4-8,14H,3,9-13H2,1-2H3. The molecule has 1 aliphatic rings. The van der Waals surface area contributed by atoms with Crippen LogP contribution >= 0.6 is 11.3 Å². The zero-order valence-corrected chi connectivity index (χ0v) is 17.8. The van der Waals surface area contributed by atoms with E-state index < -0.39 is 10.0 Å². The molecule has 0 amide bonds. The normalized spacial score (nSPS) is 16.6. The lowest BCUT2D eigenvalue weighted by molar-refractivity contribution is 0.180. The summed E-state index contributed by atoms with van der Waals surface area (Å²) in [5, 5.41) is 3.95. The molecule has 1 aromatic carbocycles. The van der Waals surface area contributed by atoms with Gasteiger partial charge in [0, 0.05) is 49.7 Å². The Kier molecular flexibility index (Phi) is 5.46. The molecule has 4 rings (SSSR count). The van der Waals surface area contributed by atoms with Crippen LogP contribution in [0.25, 0.3) is 10.9 Å². The van der Waals surface area contributed by atoms with E-state index in [1.165, 1.54) is 0 Å². The third kappa shape index (κ3) is 3.69. The summed E-state index contributed by atoms with van der Waals surface area (Å²) in [5.74, 6) is 0. The van der Waals surface area contributed by atoms with Crippen LogP contribution in [0, 0.1) is 6.92 Å². The number of rotatable bonds is 5. The van der Waals surface area contributed by atoms with Crippen LogP contribution in [0.2, 0.25) is 0 Å². The number of fused-ring (bicyclic) bond motifs is 1. The summed E-state index contributed by atoms with van der Waals surface area (Å²) in [6.45, 7) is 7.23. The summed E-state index contributed by atoms with van der Waals surface area (Å²) >= 11 is 1.69. The second-order valence-corrected chi connectivity index (χ2v) is 9.90. The largest absolute Gasteiger partial charge is 0.295 e. The van der Waals surface area contributed by atoms with Crippen molar-refractivity contribution in [3.05, 3.63) is 52.1 Å². The predicted octanol–water partition coefficient (Wildman–Crippen LogP) is 3.07. The summed E-state index contributed by atoms with van der Waals surface area (Å²) in [4.78, 5) is 11.6. The van der Waals surface area contributed by atoms with Gasteiger partial charge in [-0.1, -0.05) is 13.0 Å². The molecule has 0 atom stereocenters. The second-order valence-electron chi connectivity index (χ2n) is 7.05. The van der Waals surface area contributed by atoms with Crippen molar-refractivity contribution in [3.63, 3.8) is 0 Å². The van der Waals surface area contributed by atoms with Crippen molar-refractivity contribution < 1.29 is 8.42 Å². The molecule has 3 heterocycles. The molecular weight excluding hydrogens is 392 g/mol. The molecule has 0 saturated carbocycles. The molecule has 0 radical (unpaired) electrons. The van der Waals surface area contributed by atoms with Crippen molar-refractivity contribution in [1.82, 2.24) is 19.2 Å². The maximum absolute atomic E-state index is 13.3. The quantitative estimate of drug-likeness (QED) is 0.639. The van der Waals surface area contributed by atoms with E-state index in [2.05, 4.69) is 27.2 Å². The Bertz CT molecular complexity index is 1090. The summed E-state index contributed by atoms with van der Waals surface area (Å²) < 4.78 is 28.2. The maximum Gasteiger partial charge on any atom is 0.243 e. The first-order valence-electron chi connectivity index (χ1n) is 9.49. The molecule has 1 aliphatic heterocycles. The van der Waals surface area contributed by atoms with E-state index in [0.717, 1.165) is 34.7 Å². The van der Waals surface area contributed by atoms with Gasteiger partial charge < -0.3 is 0 Å². The molecule has 1 saturated heterocycles. The number of aromatic nitrogens is 2. The molecule has 2 aromatic heterocycles. The number of sulfonamides is 1. The second kappa shape index (κ2) is 7.87. The maximum atomic E-state index is 13.3. The van der Waals surface area contributed by atoms with Gasteiger partial charge in [-0.25, -0.2) is 13.4 Å². The first kappa shape index (κ1) is 19.4. The number of thiazole rings is 1. The Hall–Kier alpha value is -1.87. The molecule has 0 aliphatic carbocycles. The summed E-state index contributed by atoms with van der Waals surface area (Å²) in [5.41, 5.74) is 2.81. The number of benzene rings is 1. The number of piperazine rings is 1. The Morgan fingerprint density at radius 2 is 1.93 bits per heavy atom. The fraction of sp³-hybridized carbons (Fsp3) is 0.400. The predicted molar refractivity (Wildman–Crippen MR) is 112 cm³/mol. The molecule has 1 fully saturated rings. The molecule has 28 heavy (non-hydrogen) atoms. The molecule has 0 bridgehead atoms. The van der Waals surface area contributed by atoms with Gasteiger partial charge in [-0.2, -0.15) is 4.31 Å². The molecule has 3 aromatic rings. The Morgan fingerprint density at radius 3 is 2.64 bits per heavy atom. The number of aryl methyl sites for hydroxylation is 2. The van der Waals surface area contributed by atoms with Crippen LogP contribution in [-0.2, 0) is 23.0 Å². The van der Waals surface area contributed by atoms with E-state index in [1.807, 2.05) is 19.1 Å². The molecular formula is C20H24N4O2S2. The molecule has 148 valence electrons. The van der Waals surface area contributed by atoms with Crippen molar-refractivity contribution in [3.8, 4) is 0 Å². The lowest BCUT2D eigenvalue weighted by Gasteiger charge is -2.33. The van der Waals surface area contributed by atoms with Gasteiger partial charge in [-0.3, -0.25) is 9.88 Å². The minimum absolute atomic E-state index is 0.349. The SMILES string of the molecule is CCc1nc(CN2CCN(S(=O)(=O)c3ccc(C)c4ncccc34)CC2)cs1. The number of hydrogen-bond acceptors (Lipinski definition) is 6. The minimum Gasteiger partial charge on any atom is -0.295 e. The molecule has 0 unspecified atom stereocenters. The van der Waals surface area contributed by atoms with Crippen molar-refractivity contribution in [2.24, 2.45) is 0 Å². The van der Waals surface area contributed by atoms with Crippen molar-refractivity contribution >= 4 is 32.3 Å². The first-order valence-corrected chi connectivity index (χ1v) is 11.8. The Morgan fingerprint density at radius 1 is 1.14 bits per heavy atom. The highest BCUT2D eigenvalue weighted by atomic mass is 32.2. The molecule has 6 nitrogen and oxygen atoms in total. The minimum atomic E-state index is -3.55. The number of nitrogens with zero attached hydrogens (tertiary/aromatic N) is 4. The zero-order chi connectivity index (χ0) is 19.7. The summed E-state index contributed by atoms with van der Waals surface area (Å²) in [6, 6.07) is 7.18. The van der Waals surface area contributed by atoms with E-state index in [1.54, 1.807) is 34.0 Å². The van der Waals surface area contributed by atoms with Crippen LogP contribution in [0.1, 0.15) is 23.2 Å². The van der Waals surface area contributed by atoms with Gasteiger partial charge in [0.2, 0.25) is 10.0 Å². The highest BCUT2D eigenvalue weighted by Gasteiger charge is 2.30. The van der Waals surface area contributed by atoms with E-state index in [9.17, 15) is 8.42 Å². The Balaban J connectivity index is 1.50. The fourth-order valence-corrected chi connectivity index (χ4v) is 5.93. The summed E-state index contributed by atoms with van der Waals surface area (Å²) in [6.07, 6.45) is 2.66. The van der Waals surface area contributed by atoms with Gasteiger partial charge in [-0.05, 0) is 37.1 Å². The monoisotopic (exact) mass is 416 g/mol. The van der Waals surface area contributed by atoms with E-state index >= 15 is 0 Å². The highest BCUT2D eigenvalue weighted by Crippen LogP contribution is 2.27. The van der Waals surface area contributed by atoms with E-state index in [-0.39, 0.29) is 0 Å². The molecule has 0 spiro atoms. The van der Waals surface area contributed by atoms with Crippen LogP contribution in [0.4, 0.5) is 0 Å². The fourth-order valence-electron chi connectivity index (χ4n) is 3.59. The lowest BCUT2D eigenvalue weighted by atomic mass is 10.1. The lowest BCUT2D eigenvalue weighted by Crippen LogP contribution is -2.48. The summed E-state index contributed by atoms with van der Waals surface area (Å²) in [7, 11) is -3.55. The van der Waals surface area contributed by atoms with Gasteiger partial charge in [0.25, 0.3) is 0 Å². The van der Waals surface area contributed by atoms with E-state index in [0.29, 0.717) is 36.5 Å². The smallest absolute Gasteiger partial charge is 0.243 e. The van der Waals surface area contributed by atoms with Gasteiger partial charge >= 0.3 is 0 Å². The van der Waals surface area contributed by atoms with Crippen LogP contribution in [0.3, 0.4) is 0 Å². The van der Waals surface area contributed by atoms with Crippen LogP contribution in [0.5, 0.6) is 0 Å². The van der Waals surface area contributed by atoms with Gasteiger partial charge in [0.05, 0.1) is 21.1 Å². The number of pyridine rings is 1.